The Morgan fingerprint density at radius 3 is 2.69 bits per heavy atom. The number of anilines is 2. The van der Waals surface area contributed by atoms with Crippen molar-refractivity contribution in [2.75, 3.05) is 63.3 Å². The van der Waals surface area contributed by atoms with E-state index in [0.717, 1.165) is 29.2 Å². The number of fused-ring (bicyclic) bond motifs is 1. The van der Waals surface area contributed by atoms with Gasteiger partial charge >= 0.3 is 0 Å². The van der Waals surface area contributed by atoms with Gasteiger partial charge in [-0.3, -0.25) is 20.4 Å². The summed E-state index contributed by atoms with van der Waals surface area (Å²) in [6.07, 6.45) is 1.56. The maximum absolute atomic E-state index is 15.6. The zero-order valence-electron chi connectivity index (χ0n) is 22.7. The van der Waals surface area contributed by atoms with Crippen molar-refractivity contribution >= 4 is 44.7 Å². The first-order valence-corrected chi connectivity index (χ1v) is 13.9. The number of likely N-dealkylation sites (N-methyl/N-ethyl adjacent to an activating group) is 1. The lowest BCUT2D eigenvalue weighted by molar-refractivity contribution is 0.0941. The number of hydrazine groups is 1. The van der Waals surface area contributed by atoms with Crippen molar-refractivity contribution in [3.05, 3.63) is 49.9 Å². The minimum atomic E-state index is -0.609. The minimum absolute atomic E-state index is 0.0755. The Hall–Kier alpha value is -3.64. The van der Waals surface area contributed by atoms with Crippen LogP contribution in [0.5, 0.6) is 5.75 Å². The quantitative estimate of drug-likeness (QED) is 0.471. The van der Waals surface area contributed by atoms with Gasteiger partial charge in [0.25, 0.3) is 5.91 Å². The molecule has 6 rings (SSSR count). The van der Waals surface area contributed by atoms with Crippen LogP contribution in [-0.2, 0) is 0 Å². The number of rotatable bonds is 2. The van der Waals surface area contributed by atoms with E-state index in [4.69, 9.17) is 4.74 Å². The van der Waals surface area contributed by atoms with Gasteiger partial charge in [0.05, 0.1) is 22.5 Å². The van der Waals surface area contributed by atoms with E-state index in [1.165, 1.54) is 10.9 Å². The Kier molecular flexibility index (Phi) is 6.26. The number of aryl methyl sites for hydroxylation is 1. The third kappa shape index (κ3) is 4.13. The summed E-state index contributed by atoms with van der Waals surface area (Å²) in [7, 11) is 4.01. The Bertz CT molecular complexity index is 1590. The molecular formula is C27H32FN7O3S. The second kappa shape index (κ2) is 9.53. The molecule has 3 aromatic rings. The number of aromatic nitrogens is 1. The van der Waals surface area contributed by atoms with Crippen molar-refractivity contribution in [1.29, 1.82) is 0 Å². The van der Waals surface area contributed by atoms with Gasteiger partial charge in [-0.2, -0.15) is 0 Å². The number of carbonyl (C=O) groups is 1. The number of pyridine rings is 1. The molecule has 0 bridgehead atoms. The fourth-order valence-electron chi connectivity index (χ4n) is 5.46. The van der Waals surface area contributed by atoms with E-state index < -0.39 is 17.2 Å². The van der Waals surface area contributed by atoms with E-state index in [-0.39, 0.29) is 17.0 Å². The Balaban J connectivity index is 1.36. The molecular weight excluding hydrogens is 521 g/mol. The van der Waals surface area contributed by atoms with Gasteiger partial charge in [-0.05, 0) is 39.4 Å². The number of benzene rings is 1. The van der Waals surface area contributed by atoms with Crippen LogP contribution in [0.15, 0.2) is 22.1 Å². The van der Waals surface area contributed by atoms with Gasteiger partial charge in [-0.15, -0.1) is 11.3 Å². The Morgan fingerprint density at radius 2 is 1.95 bits per heavy atom. The van der Waals surface area contributed by atoms with Gasteiger partial charge in [0.1, 0.15) is 29.5 Å². The van der Waals surface area contributed by atoms with Crippen molar-refractivity contribution in [3.63, 3.8) is 0 Å². The highest BCUT2D eigenvalue weighted by atomic mass is 32.1. The third-order valence-electron chi connectivity index (χ3n) is 7.89. The predicted molar refractivity (Wildman–Crippen MR) is 152 cm³/mol. The van der Waals surface area contributed by atoms with Crippen LogP contribution in [0.1, 0.15) is 39.3 Å². The zero-order chi connectivity index (χ0) is 27.6. The van der Waals surface area contributed by atoms with Crippen molar-refractivity contribution in [3.8, 4) is 5.75 Å². The molecule has 1 saturated heterocycles. The van der Waals surface area contributed by atoms with Crippen molar-refractivity contribution < 1.29 is 13.9 Å². The molecule has 0 aliphatic carbocycles. The molecule has 1 fully saturated rings. The number of nitrogens with one attached hydrogen (secondary N) is 2. The summed E-state index contributed by atoms with van der Waals surface area (Å²) >= 11 is 1.67. The van der Waals surface area contributed by atoms with Crippen LogP contribution in [0.4, 0.5) is 15.1 Å². The first-order chi connectivity index (χ1) is 18.7. The van der Waals surface area contributed by atoms with E-state index in [9.17, 15) is 9.59 Å². The Labute approximate surface area is 229 Å². The highest BCUT2D eigenvalue weighted by Crippen LogP contribution is 2.42. The standard InChI is InChI=1S/C27H32FN7O3S/c1-14-12-38-24-21-17(10-19(28)22(24)34-8-6-32(4)7-9-34)23(36)18(11-35(14)21)26(37)31-30-25-20-15(2)16(3)39-27(20)33(5)13-29-25/h10-11,14H,6-9,12-13H2,1-5H3,(H,29,30)(H,31,37)/t14-/m0/s1. The maximum atomic E-state index is 15.6. The molecule has 3 aliphatic rings. The second-order valence-electron chi connectivity index (χ2n) is 10.6. The van der Waals surface area contributed by atoms with Crippen LogP contribution in [0, 0.1) is 19.7 Å². The average Bonchev–Trinajstić information content (AvgIpc) is 3.22. The molecule has 12 heteroatoms. The summed E-state index contributed by atoms with van der Waals surface area (Å²) in [5.41, 5.74) is 7.91. The van der Waals surface area contributed by atoms with Gasteiger partial charge in [0.2, 0.25) is 5.43 Å². The fraction of sp³-hybridized carbons (Fsp3) is 0.444. The number of piperazine rings is 1. The molecule has 0 spiro atoms. The molecule has 0 radical (unpaired) electrons. The third-order valence-corrected chi connectivity index (χ3v) is 9.21. The number of amidine groups is 1. The first-order valence-electron chi connectivity index (χ1n) is 13.1. The summed E-state index contributed by atoms with van der Waals surface area (Å²) in [4.78, 5) is 38.9. The largest absolute Gasteiger partial charge is 0.487 e. The number of hydrogen-bond acceptors (Lipinski definition) is 9. The topological polar surface area (TPSA) is 94.4 Å². The fourth-order valence-corrected chi connectivity index (χ4v) is 6.57. The van der Waals surface area contributed by atoms with Crippen molar-refractivity contribution in [2.24, 2.45) is 4.99 Å². The molecule has 2 N–H and O–H groups in total. The van der Waals surface area contributed by atoms with Gasteiger partial charge in [0.15, 0.2) is 17.4 Å². The maximum Gasteiger partial charge on any atom is 0.275 e. The van der Waals surface area contributed by atoms with E-state index in [1.807, 2.05) is 37.4 Å². The first kappa shape index (κ1) is 25.6. The van der Waals surface area contributed by atoms with Crippen molar-refractivity contribution in [2.45, 2.75) is 26.8 Å². The molecule has 10 nitrogen and oxygen atoms in total. The second-order valence-corrected chi connectivity index (χ2v) is 11.8. The van der Waals surface area contributed by atoms with Gasteiger partial charge in [-0.1, -0.05) is 0 Å². The lowest BCUT2D eigenvalue weighted by atomic mass is 10.0. The number of amides is 1. The zero-order valence-corrected chi connectivity index (χ0v) is 23.5. The average molecular weight is 554 g/mol. The SMILES string of the molecule is Cc1sc2c(c1C)C(NNC(=O)c1cn3c4c(c(N5CCN(C)CC5)c(F)cc4c1=O)OC[C@@H]3C)=NCN2C. The smallest absolute Gasteiger partial charge is 0.275 e. The molecule has 5 heterocycles. The molecule has 1 amide bonds. The molecule has 1 aromatic carbocycles. The van der Waals surface area contributed by atoms with E-state index in [0.29, 0.717) is 49.2 Å². The summed E-state index contributed by atoms with van der Waals surface area (Å²) in [5, 5.41) is 1.20. The summed E-state index contributed by atoms with van der Waals surface area (Å²) < 4.78 is 23.5. The number of ether oxygens (including phenoxy) is 1. The van der Waals surface area contributed by atoms with E-state index >= 15 is 4.39 Å². The number of aliphatic imine (C=N–C) groups is 1. The predicted octanol–water partition coefficient (Wildman–Crippen LogP) is 2.61. The molecule has 0 unspecified atom stereocenters. The number of hydrogen-bond donors (Lipinski definition) is 2. The van der Waals surface area contributed by atoms with Gasteiger partial charge < -0.3 is 24.0 Å². The number of thiophene rings is 1. The van der Waals surface area contributed by atoms with Crippen LogP contribution >= 0.6 is 11.3 Å². The van der Waals surface area contributed by atoms with Crippen LogP contribution in [0.3, 0.4) is 0 Å². The van der Waals surface area contributed by atoms with E-state index in [2.05, 4.69) is 32.6 Å². The normalized spacial score (nSPS) is 19.0. The van der Waals surface area contributed by atoms with Crippen molar-refractivity contribution in [1.82, 2.24) is 20.3 Å². The molecule has 3 aliphatic heterocycles. The summed E-state index contributed by atoms with van der Waals surface area (Å²) in [6, 6.07) is 1.10. The van der Waals surface area contributed by atoms with Crippen LogP contribution < -0.4 is 30.8 Å². The molecule has 0 saturated carbocycles. The lowest BCUT2D eigenvalue weighted by Crippen LogP contribution is -2.46. The molecule has 206 valence electrons. The van der Waals surface area contributed by atoms with Crippen LogP contribution in [-0.4, -0.2) is 74.8 Å². The van der Waals surface area contributed by atoms with Crippen LogP contribution in [0.25, 0.3) is 10.9 Å². The summed E-state index contributed by atoms with van der Waals surface area (Å²) in [6.45, 7) is 9.70. The number of halogens is 1. The van der Waals surface area contributed by atoms with Gasteiger partial charge in [0, 0.05) is 44.3 Å². The molecule has 1 atom stereocenters. The Morgan fingerprint density at radius 1 is 1.21 bits per heavy atom. The van der Waals surface area contributed by atoms with Gasteiger partial charge in [-0.25, -0.2) is 9.38 Å². The lowest BCUT2D eigenvalue weighted by Gasteiger charge is -2.37. The van der Waals surface area contributed by atoms with E-state index in [1.54, 1.807) is 17.5 Å². The van der Waals surface area contributed by atoms with Crippen LogP contribution in [0.2, 0.25) is 0 Å². The highest BCUT2D eigenvalue weighted by Gasteiger charge is 2.31. The molecule has 2 aromatic heterocycles. The minimum Gasteiger partial charge on any atom is -0.487 e. The number of carbonyl (C=O) groups excluding carboxylic acids is 1. The molecule has 39 heavy (non-hydrogen) atoms. The monoisotopic (exact) mass is 553 g/mol. The highest BCUT2D eigenvalue weighted by molar-refractivity contribution is 7.16. The number of nitrogens with zero attached hydrogens (tertiary/aromatic N) is 5. The summed E-state index contributed by atoms with van der Waals surface area (Å²) in [5.74, 6) is -0.214.